The molecule has 0 aliphatic heterocycles. The van der Waals surface area contributed by atoms with Gasteiger partial charge in [0, 0.05) is 5.57 Å². The number of carboxylic acid groups (broad SMARTS) is 1. The topological polar surface area (TPSA) is 57.5 Å². The standard InChI is InChI=1S/C15H22O3/c1-10-5-4-6-11(2)14(16)9-13(8-7-10)12(3)15(17)18/h5,13-14,16H,2-4,6-9H2,1H3,(H,17,18). The first-order valence-electron chi connectivity index (χ1n) is 6.35. The fourth-order valence-corrected chi connectivity index (χ4v) is 2.22. The van der Waals surface area contributed by atoms with Gasteiger partial charge >= 0.3 is 5.97 Å². The first kappa shape index (κ1) is 14.7. The predicted octanol–water partition coefficient (Wildman–Crippen LogP) is 3.07. The van der Waals surface area contributed by atoms with E-state index in [0.29, 0.717) is 6.42 Å². The van der Waals surface area contributed by atoms with Crippen molar-refractivity contribution in [3.05, 3.63) is 36.0 Å². The van der Waals surface area contributed by atoms with Crippen molar-refractivity contribution in [2.45, 2.75) is 45.1 Å². The maximum Gasteiger partial charge on any atom is 0.331 e. The van der Waals surface area contributed by atoms with Crippen LogP contribution in [0.15, 0.2) is 36.0 Å². The zero-order valence-corrected chi connectivity index (χ0v) is 11.0. The van der Waals surface area contributed by atoms with Crippen LogP contribution in [-0.4, -0.2) is 22.3 Å². The van der Waals surface area contributed by atoms with E-state index in [4.69, 9.17) is 5.11 Å². The van der Waals surface area contributed by atoms with E-state index in [-0.39, 0.29) is 11.5 Å². The van der Waals surface area contributed by atoms with Crippen molar-refractivity contribution >= 4 is 5.97 Å². The van der Waals surface area contributed by atoms with Crippen LogP contribution < -0.4 is 0 Å². The van der Waals surface area contributed by atoms with Crippen molar-refractivity contribution < 1.29 is 15.0 Å². The number of carbonyl (C=O) groups is 1. The molecule has 18 heavy (non-hydrogen) atoms. The Morgan fingerprint density at radius 3 is 2.72 bits per heavy atom. The van der Waals surface area contributed by atoms with Crippen LogP contribution in [0.5, 0.6) is 0 Å². The number of aliphatic hydroxyl groups is 1. The average molecular weight is 250 g/mol. The summed E-state index contributed by atoms with van der Waals surface area (Å²) in [4.78, 5) is 11.0. The van der Waals surface area contributed by atoms with Crippen LogP contribution in [0.2, 0.25) is 0 Å². The third-order valence-electron chi connectivity index (χ3n) is 3.59. The minimum absolute atomic E-state index is 0.185. The number of aliphatic carboxylic acids is 1. The molecule has 0 heterocycles. The lowest BCUT2D eigenvalue weighted by Gasteiger charge is -2.23. The quantitative estimate of drug-likeness (QED) is 0.585. The molecule has 1 aliphatic carbocycles. The third kappa shape index (κ3) is 4.15. The van der Waals surface area contributed by atoms with Gasteiger partial charge in [-0.25, -0.2) is 4.79 Å². The molecule has 2 atom stereocenters. The molecule has 0 aromatic rings. The van der Waals surface area contributed by atoms with E-state index in [1.807, 2.05) is 0 Å². The van der Waals surface area contributed by atoms with Gasteiger partial charge in [-0.2, -0.15) is 0 Å². The van der Waals surface area contributed by atoms with Crippen LogP contribution in [0, 0.1) is 5.92 Å². The summed E-state index contributed by atoms with van der Waals surface area (Å²) in [7, 11) is 0. The molecule has 0 spiro atoms. The lowest BCUT2D eigenvalue weighted by atomic mass is 9.85. The van der Waals surface area contributed by atoms with Gasteiger partial charge in [0.05, 0.1) is 6.10 Å². The van der Waals surface area contributed by atoms with Crippen molar-refractivity contribution in [1.82, 2.24) is 0 Å². The number of rotatable bonds is 2. The molecule has 100 valence electrons. The molecular weight excluding hydrogens is 228 g/mol. The molecule has 0 aromatic heterocycles. The molecule has 0 saturated carbocycles. The summed E-state index contributed by atoms with van der Waals surface area (Å²) in [5.74, 6) is -1.16. The van der Waals surface area contributed by atoms with E-state index < -0.39 is 12.1 Å². The van der Waals surface area contributed by atoms with Crippen LogP contribution in [0.3, 0.4) is 0 Å². The van der Waals surface area contributed by atoms with E-state index in [1.165, 1.54) is 5.57 Å². The fourth-order valence-electron chi connectivity index (χ4n) is 2.22. The van der Waals surface area contributed by atoms with Crippen LogP contribution in [0.4, 0.5) is 0 Å². The molecule has 0 saturated heterocycles. The summed E-state index contributed by atoms with van der Waals surface area (Å²) in [5.41, 5.74) is 2.24. The number of aliphatic hydroxyl groups excluding tert-OH is 1. The van der Waals surface area contributed by atoms with Gasteiger partial charge in [0.2, 0.25) is 0 Å². The Labute approximate surface area is 109 Å². The zero-order chi connectivity index (χ0) is 13.7. The second-order valence-corrected chi connectivity index (χ2v) is 5.06. The lowest BCUT2D eigenvalue weighted by Crippen LogP contribution is -2.21. The number of carboxylic acids is 1. The number of hydrogen-bond donors (Lipinski definition) is 2. The molecule has 1 aliphatic rings. The molecule has 0 bridgehead atoms. The normalized spacial score (nSPS) is 26.3. The van der Waals surface area contributed by atoms with Crippen molar-refractivity contribution in [2.24, 2.45) is 5.92 Å². The Balaban J connectivity index is 2.85. The Hall–Kier alpha value is -1.35. The van der Waals surface area contributed by atoms with E-state index in [9.17, 15) is 9.90 Å². The number of hydrogen-bond acceptors (Lipinski definition) is 2. The molecule has 0 amide bonds. The van der Waals surface area contributed by atoms with Gasteiger partial charge in [0.1, 0.15) is 0 Å². The summed E-state index contributed by atoms with van der Waals surface area (Å²) in [6.07, 6.45) is 5.16. The SMILES string of the molecule is C=C1CCC=C(C)CCC(C(=C)C(=O)O)CC1O. The fraction of sp³-hybridized carbons (Fsp3) is 0.533. The van der Waals surface area contributed by atoms with Gasteiger partial charge in [-0.1, -0.05) is 24.8 Å². The Morgan fingerprint density at radius 1 is 1.44 bits per heavy atom. The van der Waals surface area contributed by atoms with Gasteiger partial charge in [-0.05, 0) is 50.5 Å². The smallest absolute Gasteiger partial charge is 0.331 e. The largest absolute Gasteiger partial charge is 0.478 e. The van der Waals surface area contributed by atoms with Crippen LogP contribution in [0.1, 0.15) is 39.0 Å². The lowest BCUT2D eigenvalue weighted by molar-refractivity contribution is -0.133. The van der Waals surface area contributed by atoms with E-state index in [1.54, 1.807) is 0 Å². The van der Waals surface area contributed by atoms with Gasteiger partial charge in [-0.3, -0.25) is 0 Å². The first-order valence-corrected chi connectivity index (χ1v) is 6.35. The van der Waals surface area contributed by atoms with Gasteiger partial charge in [0.15, 0.2) is 0 Å². The third-order valence-corrected chi connectivity index (χ3v) is 3.59. The van der Waals surface area contributed by atoms with Crippen molar-refractivity contribution in [2.75, 3.05) is 0 Å². The van der Waals surface area contributed by atoms with E-state index >= 15 is 0 Å². The Bertz CT molecular complexity index is 379. The Morgan fingerprint density at radius 2 is 2.11 bits per heavy atom. The molecule has 0 fully saturated rings. The highest BCUT2D eigenvalue weighted by Gasteiger charge is 2.23. The Kier molecular flexibility index (Phi) is 5.35. The summed E-state index contributed by atoms with van der Waals surface area (Å²) in [6.45, 7) is 9.56. The summed E-state index contributed by atoms with van der Waals surface area (Å²) < 4.78 is 0. The molecule has 2 N–H and O–H groups in total. The minimum atomic E-state index is -0.975. The van der Waals surface area contributed by atoms with Gasteiger partial charge < -0.3 is 10.2 Å². The monoisotopic (exact) mass is 250 g/mol. The van der Waals surface area contributed by atoms with E-state index in [0.717, 1.165) is 31.3 Å². The maximum absolute atomic E-state index is 11.0. The van der Waals surface area contributed by atoms with Crippen molar-refractivity contribution in [3.63, 3.8) is 0 Å². The highest BCUT2D eigenvalue weighted by Crippen LogP contribution is 2.28. The zero-order valence-electron chi connectivity index (χ0n) is 11.0. The first-order chi connectivity index (χ1) is 8.41. The van der Waals surface area contributed by atoms with Gasteiger partial charge in [-0.15, -0.1) is 0 Å². The van der Waals surface area contributed by atoms with Crippen molar-refractivity contribution in [1.29, 1.82) is 0 Å². The molecule has 3 nitrogen and oxygen atoms in total. The van der Waals surface area contributed by atoms with Crippen LogP contribution >= 0.6 is 0 Å². The average Bonchev–Trinajstić information content (AvgIpc) is 2.32. The van der Waals surface area contributed by atoms with Gasteiger partial charge in [0.25, 0.3) is 0 Å². The summed E-state index contributed by atoms with van der Waals surface area (Å²) in [5, 5.41) is 19.0. The second-order valence-electron chi connectivity index (χ2n) is 5.06. The molecule has 0 radical (unpaired) electrons. The molecule has 2 unspecified atom stereocenters. The second kappa shape index (κ2) is 6.55. The van der Waals surface area contributed by atoms with E-state index in [2.05, 4.69) is 26.2 Å². The highest BCUT2D eigenvalue weighted by molar-refractivity contribution is 5.86. The van der Waals surface area contributed by atoms with Crippen molar-refractivity contribution in [3.8, 4) is 0 Å². The minimum Gasteiger partial charge on any atom is -0.478 e. The van der Waals surface area contributed by atoms with Crippen LogP contribution in [0.25, 0.3) is 0 Å². The summed E-state index contributed by atoms with van der Waals surface area (Å²) >= 11 is 0. The number of allylic oxidation sites excluding steroid dienone is 2. The molecule has 0 aromatic carbocycles. The predicted molar refractivity (Wildman–Crippen MR) is 72.3 cm³/mol. The molecule has 1 rings (SSSR count). The van der Waals surface area contributed by atoms with Crippen LogP contribution in [-0.2, 0) is 4.79 Å². The summed E-state index contributed by atoms with van der Waals surface area (Å²) in [6, 6.07) is 0. The molecule has 3 heteroatoms. The highest BCUT2D eigenvalue weighted by atomic mass is 16.4. The maximum atomic E-state index is 11.0. The molecular formula is C15H22O3.